The molecule has 0 aliphatic heterocycles. The third-order valence-corrected chi connectivity index (χ3v) is 1.82. The predicted molar refractivity (Wildman–Crippen MR) is 50.0 cm³/mol. The number of carbonyl (C=O) groups is 1. The minimum Gasteiger partial charge on any atom is -0.504 e. The molecule has 76 valence electrons. The summed E-state index contributed by atoms with van der Waals surface area (Å²) < 4.78 is 1.07. The number of aromatic carboxylic acids is 1. The highest BCUT2D eigenvalue weighted by Crippen LogP contribution is 2.18. The first-order chi connectivity index (χ1) is 7.20. The summed E-state index contributed by atoms with van der Waals surface area (Å²) in [7, 11) is 0. The summed E-state index contributed by atoms with van der Waals surface area (Å²) in [6.45, 7) is 0. The van der Waals surface area contributed by atoms with Gasteiger partial charge in [0.15, 0.2) is 17.3 Å². The SMILES string of the molecule is O=C(O)c1c(O)cnn1-c1ccccn1. The number of rotatable bonds is 2. The fourth-order valence-corrected chi connectivity index (χ4v) is 1.19. The van der Waals surface area contributed by atoms with Gasteiger partial charge in [0.1, 0.15) is 0 Å². The van der Waals surface area contributed by atoms with Crippen LogP contribution in [-0.2, 0) is 0 Å². The smallest absolute Gasteiger partial charge is 0.358 e. The molecule has 2 heterocycles. The normalized spacial score (nSPS) is 10.1. The van der Waals surface area contributed by atoms with Gasteiger partial charge in [0.05, 0.1) is 6.20 Å². The van der Waals surface area contributed by atoms with Crippen LogP contribution in [0.1, 0.15) is 10.5 Å². The lowest BCUT2D eigenvalue weighted by molar-refractivity contribution is 0.0683. The van der Waals surface area contributed by atoms with Crippen molar-refractivity contribution in [3.05, 3.63) is 36.3 Å². The molecule has 0 aliphatic rings. The molecule has 0 aliphatic carbocycles. The monoisotopic (exact) mass is 205 g/mol. The van der Waals surface area contributed by atoms with Crippen molar-refractivity contribution in [3.63, 3.8) is 0 Å². The highest BCUT2D eigenvalue weighted by Gasteiger charge is 2.18. The van der Waals surface area contributed by atoms with Gasteiger partial charge < -0.3 is 10.2 Å². The molecule has 0 atom stereocenters. The van der Waals surface area contributed by atoms with Crippen molar-refractivity contribution in [1.82, 2.24) is 14.8 Å². The Balaban J connectivity index is 2.59. The van der Waals surface area contributed by atoms with Gasteiger partial charge in [-0.15, -0.1) is 0 Å². The highest BCUT2D eigenvalue weighted by molar-refractivity contribution is 5.89. The molecule has 15 heavy (non-hydrogen) atoms. The van der Waals surface area contributed by atoms with Crippen molar-refractivity contribution < 1.29 is 15.0 Å². The maximum absolute atomic E-state index is 10.8. The third kappa shape index (κ3) is 1.52. The zero-order valence-electron chi connectivity index (χ0n) is 7.53. The average molecular weight is 205 g/mol. The van der Waals surface area contributed by atoms with Crippen molar-refractivity contribution in [3.8, 4) is 11.6 Å². The Morgan fingerprint density at radius 1 is 1.40 bits per heavy atom. The molecule has 0 aromatic carbocycles. The van der Waals surface area contributed by atoms with Crippen molar-refractivity contribution in [2.45, 2.75) is 0 Å². The lowest BCUT2D eigenvalue weighted by Crippen LogP contribution is -2.09. The van der Waals surface area contributed by atoms with E-state index in [4.69, 9.17) is 5.11 Å². The Labute approximate surface area is 84.4 Å². The quantitative estimate of drug-likeness (QED) is 0.752. The molecule has 0 bridgehead atoms. The second-order valence-corrected chi connectivity index (χ2v) is 2.78. The molecule has 0 unspecified atom stereocenters. The number of nitrogens with zero attached hydrogens (tertiary/aromatic N) is 3. The minimum absolute atomic E-state index is 0.297. The van der Waals surface area contributed by atoms with E-state index in [0.29, 0.717) is 5.82 Å². The Kier molecular flexibility index (Phi) is 2.09. The van der Waals surface area contributed by atoms with E-state index in [1.54, 1.807) is 18.2 Å². The van der Waals surface area contributed by atoms with Gasteiger partial charge in [0.2, 0.25) is 0 Å². The first kappa shape index (κ1) is 9.20. The van der Waals surface area contributed by atoms with E-state index in [9.17, 15) is 9.90 Å². The van der Waals surface area contributed by atoms with E-state index < -0.39 is 5.97 Å². The van der Waals surface area contributed by atoms with Crippen molar-refractivity contribution in [1.29, 1.82) is 0 Å². The second-order valence-electron chi connectivity index (χ2n) is 2.78. The third-order valence-electron chi connectivity index (χ3n) is 1.82. The molecule has 0 radical (unpaired) electrons. The lowest BCUT2D eigenvalue weighted by atomic mass is 10.4. The van der Waals surface area contributed by atoms with E-state index >= 15 is 0 Å². The Hall–Kier alpha value is -2.37. The number of pyridine rings is 1. The Morgan fingerprint density at radius 3 is 2.80 bits per heavy atom. The van der Waals surface area contributed by atoms with E-state index in [1.807, 2.05) is 0 Å². The van der Waals surface area contributed by atoms with Crippen LogP contribution in [0, 0.1) is 0 Å². The zero-order chi connectivity index (χ0) is 10.8. The van der Waals surface area contributed by atoms with Crippen LogP contribution in [0.15, 0.2) is 30.6 Å². The molecule has 2 N–H and O–H groups in total. The largest absolute Gasteiger partial charge is 0.504 e. The molecule has 2 rings (SSSR count). The van der Waals surface area contributed by atoms with Crippen LogP contribution >= 0.6 is 0 Å². The number of hydrogen-bond donors (Lipinski definition) is 2. The van der Waals surface area contributed by atoms with Gasteiger partial charge in [-0.25, -0.2) is 14.5 Å². The van der Waals surface area contributed by atoms with Crippen LogP contribution < -0.4 is 0 Å². The van der Waals surface area contributed by atoms with Crippen LogP contribution in [-0.4, -0.2) is 30.9 Å². The fourth-order valence-electron chi connectivity index (χ4n) is 1.19. The van der Waals surface area contributed by atoms with E-state index in [0.717, 1.165) is 10.9 Å². The van der Waals surface area contributed by atoms with E-state index in [-0.39, 0.29) is 11.4 Å². The van der Waals surface area contributed by atoms with E-state index in [2.05, 4.69) is 10.1 Å². The van der Waals surface area contributed by atoms with Crippen LogP contribution in [0.2, 0.25) is 0 Å². The molecule has 6 nitrogen and oxygen atoms in total. The summed E-state index contributed by atoms with van der Waals surface area (Å²) >= 11 is 0. The lowest BCUT2D eigenvalue weighted by Gasteiger charge is -2.01. The molecular formula is C9H7N3O3. The molecule has 0 fully saturated rings. The summed E-state index contributed by atoms with van der Waals surface area (Å²) in [5, 5.41) is 21.8. The number of hydrogen-bond acceptors (Lipinski definition) is 4. The van der Waals surface area contributed by atoms with Gasteiger partial charge in [-0.3, -0.25) is 0 Å². The van der Waals surface area contributed by atoms with Crippen molar-refractivity contribution in [2.75, 3.05) is 0 Å². The van der Waals surface area contributed by atoms with Gasteiger partial charge in [-0.05, 0) is 12.1 Å². The first-order valence-electron chi connectivity index (χ1n) is 4.12. The summed E-state index contributed by atoms with van der Waals surface area (Å²) in [6, 6.07) is 5.00. The molecular weight excluding hydrogens is 198 g/mol. The van der Waals surface area contributed by atoms with Gasteiger partial charge in [-0.1, -0.05) is 6.07 Å². The second kappa shape index (κ2) is 3.41. The van der Waals surface area contributed by atoms with Crippen LogP contribution in [0.4, 0.5) is 0 Å². The number of aromatic nitrogens is 3. The Bertz CT molecular complexity index is 493. The van der Waals surface area contributed by atoms with Gasteiger partial charge in [0, 0.05) is 6.20 Å². The zero-order valence-corrected chi connectivity index (χ0v) is 7.53. The average Bonchev–Trinajstić information content (AvgIpc) is 2.61. The van der Waals surface area contributed by atoms with Crippen LogP contribution in [0.3, 0.4) is 0 Å². The van der Waals surface area contributed by atoms with E-state index in [1.165, 1.54) is 6.20 Å². The maximum atomic E-state index is 10.8. The molecule has 0 spiro atoms. The summed E-state index contributed by atoms with van der Waals surface area (Å²) in [5.74, 6) is -1.29. The molecule has 6 heteroatoms. The van der Waals surface area contributed by atoms with Crippen LogP contribution in [0.5, 0.6) is 5.75 Å². The topological polar surface area (TPSA) is 88.2 Å². The standard InChI is InChI=1S/C9H7N3O3/c13-6-5-11-12(8(6)9(14)15)7-3-1-2-4-10-7/h1-5,13H,(H,14,15). The molecule has 2 aromatic rings. The molecule has 2 aromatic heterocycles. The maximum Gasteiger partial charge on any atom is 0.358 e. The Morgan fingerprint density at radius 2 is 2.20 bits per heavy atom. The molecule has 0 saturated heterocycles. The number of carboxylic acids is 1. The molecule has 0 amide bonds. The number of aromatic hydroxyl groups is 1. The highest BCUT2D eigenvalue weighted by atomic mass is 16.4. The van der Waals surface area contributed by atoms with Crippen LogP contribution in [0.25, 0.3) is 5.82 Å². The summed E-state index contributed by atoms with van der Waals surface area (Å²) in [5.41, 5.74) is -0.297. The van der Waals surface area contributed by atoms with Gasteiger partial charge in [-0.2, -0.15) is 5.10 Å². The fraction of sp³-hybridized carbons (Fsp3) is 0. The summed E-state index contributed by atoms with van der Waals surface area (Å²) in [4.78, 5) is 14.8. The first-order valence-corrected chi connectivity index (χ1v) is 4.12. The van der Waals surface area contributed by atoms with Gasteiger partial charge in [0.25, 0.3) is 0 Å². The predicted octanol–water partition coefficient (Wildman–Crippen LogP) is 0.671. The van der Waals surface area contributed by atoms with Gasteiger partial charge >= 0.3 is 5.97 Å². The van der Waals surface area contributed by atoms with Crippen molar-refractivity contribution in [2.24, 2.45) is 0 Å². The minimum atomic E-state index is -1.25. The number of carboxylic acid groups (broad SMARTS) is 1. The molecule has 0 saturated carbocycles. The summed E-state index contributed by atoms with van der Waals surface area (Å²) in [6.07, 6.45) is 2.58. The van der Waals surface area contributed by atoms with Crippen molar-refractivity contribution >= 4 is 5.97 Å².